The molecule has 2 aromatic rings. The Bertz CT molecular complexity index is 655. The highest BCUT2D eigenvalue weighted by atomic mass is 79.9. The number of aromatic nitrogens is 1. The van der Waals surface area contributed by atoms with Gasteiger partial charge in [-0.1, -0.05) is 27.5 Å². The summed E-state index contributed by atoms with van der Waals surface area (Å²) in [5.41, 5.74) is 2.97. The van der Waals surface area contributed by atoms with E-state index in [1.807, 2.05) is 19.9 Å². The molecular weight excluding hydrogens is 318 g/mol. The predicted molar refractivity (Wildman–Crippen MR) is 75.3 cm³/mol. The summed E-state index contributed by atoms with van der Waals surface area (Å²) in [6.45, 7) is 3.93. The van der Waals surface area contributed by atoms with Gasteiger partial charge < -0.3 is 4.74 Å². The van der Waals surface area contributed by atoms with E-state index in [9.17, 15) is 4.79 Å². The van der Waals surface area contributed by atoms with Crippen molar-refractivity contribution in [2.45, 2.75) is 13.8 Å². The van der Waals surface area contributed by atoms with Crippen LogP contribution in [-0.4, -0.2) is 18.1 Å². The normalized spacial score (nSPS) is 10.7. The molecule has 0 bridgehead atoms. The summed E-state index contributed by atoms with van der Waals surface area (Å²) in [6.07, 6.45) is 0. The topological polar surface area (TPSA) is 39.2 Å². The van der Waals surface area contributed by atoms with Gasteiger partial charge >= 0.3 is 5.97 Å². The fraction of sp³-hybridized carbons (Fsp3) is 0.231. The van der Waals surface area contributed by atoms with E-state index in [1.54, 1.807) is 0 Å². The number of esters is 1. The molecule has 0 aliphatic rings. The Morgan fingerprint density at radius 2 is 2.06 bits per heavy atom. The molecule has 0 spiro atoms. The largest absolute Gasteiger partial charge is 0.464 e. The van der Waals surface area contributed by atoms with Crippen LogP contribution in [-0.2, 0) is 4.74 Å². The molecule has 5 heteroatoms. The van der Waals surface area contributed by atoms with Crippen molar-refractivity contribution in [1.82, 2.24) is 4.98 Å². The molecule has 0 atom stereocenters. The second-order valence-electron chi connectivity index (χ2n) is 4.01. The third-order valence-corrected chi connectivity index (χ3v) is 4.32. The summed E-state index contributed by atoms with van der Waals surface area (Å²) in [5.74, 6) is -0.489. The fourth-order valence-corrected chi connectivity index (χ4v) is 2.55. The number of pyridine rings is 1. The second kappa shape index (κ2) is 4.86. The number of methoxy groups -OCH3 is 1. The number of carbonyl (C=O) groups excluding carboxylic acids is 1. The first-order valence-corrected chi connectivity index (χ1v) is 6.47. The van der Waals surface area contributed by atoms with E-state index in [0.29, 0.717) is 10.5 Å². The van der Waals surface area contributed by atoms with E-state index < -0.39 is 5.97 Å². The lowest BCUT2D eigenvalue weighted by molar-refractivity contribution is 0.0594. The molecule has 0 unspecified atom stereocenters. The lowest BCUT2D eigenvalue weighted by Crippen LogP contribution is -2.05. The van der Waals surface area contributed by atoms with Crippen LogP contribution in [0.3, 0.4) is 0 Å². The van der Waals surface area contributed by atoms with Crippen molar-refractivity contribution < 1.29 is 9.53 Å². The highest BCUT2D eigenvalue weighted by molar-refractivity contribution is 9.10. The summed E-state index contributed by atoms with van der Waals surface area (Å²) >= 11 is 9.74. The highest BCUT2D eigenvalue weighted by Crippen LogP contribution is 2.33. The number of ether oxygens (including phenoxy) is 1. The highest BCUT2D eigenvalue weighted by Gasteiger charge is 2.15. The molecule has 0 N–H and O–H groups in total. The zero-order valence-corrected chi connectivity index (χ0v) is 12.5. The number of rotatable bonds is 1. The van der Waals surface area contributed by atoms with Gasteiger partial charge in [0.2, 0.25) is 0 Å². The van der Waals surface area contributed by atoms with E-state index in [-0.39, 0.29) is 5.69 Å². The molecule has 0 amide bonds. The van der Waals surface area contributed by atoms with Crippen molar-refractivity contribution in [3.05, 3.63) is 38.4 Å². The van der Waals surface area contributed by atoms with Gasteiger partial charge in [0, 0.05) is 9.86 Å². The first-order chi connectivity index (χ1) is 8.45. The monoisotopic (exact) mass is 327 g/mol. The van der Waals surface area contributed by atoms with Crippen molar-refractivity contribution in [2.75, 3.05) is 7.11 Å². The number of hydrogen-bond donors (Lipinski definition) is 0. The van der Waals surface area contributed by atoms with Crippen LogP contribution in [0.2, 0.25) is 5.02 Å². The minimum absolute atomic E-state index is 0.219. The molecule has 0 aliphatic heterocycles. The van der Waals surface area contributed by atoms with Gasteiger partial charge in [-0.3, -0.25) is 0 Å². The summed E-state index contributed by atoms with van der Waals surface area (Å²) in [4.78, 5) is 15.8. The number of fused-ring (bicyclic) bond motifs is 1. The molecule has 3 nitrogen and oxygen atoms in total. The summed E-state index contributed by atoms with van der Waals surface area (Å²) < 4.78 is 5.66. The maximum atomic E-state index is 11.5. The first-order valence-electron chi connectivity index (χ1n) is 5.30. The zero-order valence-electron chi connectivity index (χ0n) is 10.2. The van der Waals surface area contributed by atoms with Crippen LogP contribution in [0.5, 0.6) is 0 Å². The van der Waals surface area contributed by atoms with Gasteiger partial charge in [-0.25, -0.2) is 9.78 Å². The Labute approximate surface area is 118 Å². The van der Waals surface area contributed by atoms with E-state index in [4.69, 9.17) is 11.6 Å². The molecule has 0 fully saturated rings. The zero-order chi connectivity index (χ0) is 13.4. The van der Waals surface area contributed by atoms with Gasteiger partial charge in [0.1, 0.15) is 0 Å². The molecule has 1 aromatic carbocycles. The molecule has 1 aromatic heterocycles. The molecule has 18 heavy (non-hydrogen) atoms. The van der Waals surface area contributed by atoms with Crippen molar-refractivity contribution >= 4 is 44.4 Å². The van der Waals surface area contributed by atoms with Crippen molar-refractivity contribution in [3.8, 4) is 0 Å². The van der Waals surface area contributed by atoms with E-state index in [0.717, 1.165) is 21.0 Å². The molecular formula is C13H11BrClNO2. The van der Waals surface area contributed by atoms with Crippen LogP contribution in [0.1, 0.15) is 21.6 Å². The van der Waals surface area contributed by atoms with Gasteiger partial charge in [0.25, 0.3) is 0 Å². The number of aryl methyl sites for hydroxylation is 2. The maximum Gasteiger partial charge on any atom is 0.356 e. The number of benzene rings is 1. The van der Waals surface area contributed by atoms with Crippen LogP contribution in [0.4, 0.5) is 0 Å². The van der Waals surface area contributed by atoms with Crippen LogP contribution < -0.4 is 0 Å². The van der Waals surface area contributed by atoms with Crippen LogP contribution in [0.25, 0.3) is 10.9 Å². The lowest BCUT2D eigenvalue weighted by Gasteiger charge is -2.10. The van der Waals surface area contributed by atoms with Gasteiger partial charge in [-0.15, -0.1) is 0 Å². The first kappa shape index (κ1) is 13.3. The summed E-state index contributed by atoms with van der Waals surface area (Å²) in [5, 5.41) is 1.35. The number of carbonyl (C=O) groups is 1. The third-order valence-electron chi connectivity index (χ3n) is 2.80. The standard InChI is InChI=1S/C13H11BrClNO2/c1-6-4-9-11(7(2)12(6)14)8(15)5-10(16-9)13(17)18-3/h4-5H,1-3H3. The fourth-order valence-electron chi connectivity index (χ4n) is 1.89. The Hall–Kier alpha value is -1.13. The second-order valence-corrected chi connectivity index (χ2v) is 5.21. The van der Waals surface area contributed by atoms with Gasteiger partial charge in [-0.2, -0.15) is 0 Å². The Balaban J connectivity index is 2.82. The lowest BCUT2D eigenvalue weighted by atomic mass is 10.1. The Morgan fingerprint density at radius 1 is 1.39 bits per heavy atom. The quantitative estimate of drug-likeness (QED) is 0.741. The molecule has 0 saturated carbocycles. The van der Waals surface area contributed by atoms with E-state index in [2.05, 4.69) is 25.7 Å². The van der Waals surface area contributed by atoms with Gasteiger partial charge in [0.05, 0.1) is 17.6 Å². The van der Waals surface area contributed by atoms with Crippen LogP contribution >= 0.6 is 27.5 Å². The Kier molecular flexibility index (Phi) is 3.59. The van der Waals surface area contributed by atoms with Gasteiger partial charge in [-0.05, 0) is 37.1 Å². The van der Waals surface area contributed by atoms with Crippen molar-refractivity contribution in [2.24, 2.45) is 0 Å². The Morgan fingerprint density at radius 3 is 2.67 bits per heavy atom. The molecule has 0 saturated heterocycles. The minimum atomic E-state index is -0.489. The SMILES string of the molecule is COC(=O)c1cc(Cl)c2c(C)c(Br)c(C)cc2n1. The van der Waals surface area contributed by atoms with Crippen LogP contribution in [0, 0.1) is 13.8 Å². The van der Waals surface area contributed by atoms with Gasteiger partial charge in [0.15, 0.2) is 5.69 Å². The molecule has 2 rings (SSSR count). The minimum Gasteiger partial charge on any atom is -0.464 e. The van der Waals surface area contributed by atoms with E-state index in [1.165, 1.54) is 13.2 Å². The van der Waals surface area contributed by atoms with Crippen molar-refractivity contribution in [3.63, 3.8) is 0 Å². The van der Waals surface area contributed by atoms with E-state index >= 15 is 0 Å². The summed E-state index contributed by atoms with van der Waals surface area (Å²) in [7, 11) is 1.32. The predicted octanol–water partition coefficient (Wildman–Crippen LogP) is 4.05. The molecule has 94 valence electrons. The van der Waals surface area contributed by atoms with Crippen LogP contribution in [0.15, 0.2) is 16.6 Å². The average molecular weight is 329 g/mol. The summed E-state index contributed by atoms with van der Waals surface area (Å²) in [6, 6.07) is 3.43. The molecule has 0 radical (unpaired) electrons. The van der Waals surface area contributed by atoms with Crippen molar-refractivity contribution in [1.29, 1.82) is 0 Å². The number of halogens is 2. The number of nitrogens with zero attached hydrogens (tertiary/aromatic N) is 1. The molecule has 1 heterocycles. The number of hydrogen-bond acceptors (Lipinski definition) is 3. The smallest absolute Gasteiger partial charge is 0.356 e. The molecule has 0 aliphatic carbocycles. The maximum absolute atomic E-state index is 11.5. The third kappa shape index (κ3) is 2.10. The average Bonchev–Trinajstić information content (AvgIpc) is 2.34.